The Bertz CT molecular complexity index is 853. The predicted molar refractivity (Wildman–Crippen MR) is 96.7 cm³/mol. The Morgan fingerprint density at radius 1 is 1.04 bits per heavy atom. The van der Waals surface area contributed by atoms with Crippen molar-refractivity contribution in [3.05, 3.63) is 65.5 Å². The fourth-order valence-electron chi connectivity index (χ4n) is 2.89. The van der Waals surface area contributed by atoms with E-state index >= 15 is 0 Å². The van der Waals surface area contributed by atoms with Crippen LogP contribution in [0.15, 0.2) is 58.4 Å². The Labute approximate surface area is 147 Å². The molecule has 25 heavy (non-hydrogen) atoms. The molecule has 0 heterocycles. The average molecular weight is 360 g/mol. The lowest BCUT2D eigenvalue weighted by Gasteiger charge is -2.14. The van der Waals surface area contributed by atoms with E-state index in [9.17, 15) is 12.8 Å². The van der Waals surface area contributed by atoms with Crippen LogP contribution in [0.25, 0.3) is 0 Å². The fraction of sp³-hybridized carbons (Fsp3) is 0.316. The summed E-state index contributed by atoms with van der Waals surface area (Å²) in [5.74, 6) is -0.0992. The predicted octanol–water partition coefficient (Wildman–Crippen LogP) is 3.80. The van der Waals surface area contributed by atoms with Gasteiger partial charge in [-0.2, -0.15) is 0 Å². The zero-order chi connectivity index (χ0) is 17.9. The van der Waals surface area contributed by atoms with E-state index < -0.39 is 10.0 Å². The van der Waals surface area contributed by atoms with Crippen molar-refractivity contribution in [1.82, 2.24) is 4.72 Å². The van der Waals surface area contributed by atoms with Gasteiger partial charge in [0.15, 0.2) is 0 Å². The molecule has 1 saturated carbocycles. The molecule has 0 saturated heterocycles. The molecule has 0 spiro atoms. The van der Waals surface area contributed by atoms with Crippen LogP contribution < -0.4 is 4.72 Å². The molecule has 0 unspecified atom stereocenters. The molecular weight excluding hydrogens is 339 g/mol. The van der Waals surface area contributed by atoms with Gasteiger partial charge in [-0.05, 0) is 56.2 Å². The molecule has 132 valence electrons. The molecule has 6 heteroatoms. The van der Waals surface area contributed by atoms with Crippen molar-refractivity contribution >= 4 is 15.9 Å². The molecule has 1 aliphatic carbocycles. The number of aliphatic imine (C=N–C) groups is 1. The smallest absolute Gasteiger partial charge is 0.263 e. The van der Waals surface area contributed by atoms with E-state index in [2.05, 4.69) is 9.71 Å². The van der Waals surface area contributed by atoms with Crippen molar-refractivity contribution in [1.29, 1.82) is 0 Å². The highest BCUT2D eigenvalue weighted by atomic mass is 32.2. The van der Waals surface area contributed by atoms with Crippen molar-refractivity contribution in [2.75, 3.05) is 0 Å². The van der Waals surface area contributed by atoms with E-state index in [0.717, 1.165) is 31.2 Å². The first-order chi connectivity index (χ1) is 11.9. The van der Waals surface area contributed by atoms with Gasteiger partial charge in [0.2, 0.25) is 0 Å². The molecule has 3 rings (SSSR count). The van der Waals surface area contributed by atoms with Crippen molar-refractivity contribution in [2.24, 2.45) is 4.99 Å². The first kappa shape index (κ1) is 17.6. The minimum Gasteiger partial charge on any atom is -0.264 e. The van der Waals surface area contributed by atoms with E-state index in [4.69, 9.17) is 0 Å². The quantitative estimate of drug-likeness (QED) is 0.666. The Balaban J connectivity index is 1.93. The van der Waals surface area contributed by atoms with Crippen LogP contribution in [-0.2, 0) is 10.0 Å². The number of sulfonamides is 1. The van der Waals surface area contributed by atoms with Crippen LogP contribution in [0.3, 0.4) is 0 Å². The van der Waals surface area contributed by atoms with Crippen molar-refractivity contribution < 1.29 is 12.8 Å². The second-order valence-electron chi connectivity index (χ2n) is 6.34. The normalized spacial score (nSPS) is 16.2. The van der Waals surface area contributed by atoms with Crippen LogP contribution >= 0.6 is 0 Å². The number of halogens is 1. The van der Waals surface area contributed by atoms with Gasteiger partial charge in [-0.25, -0.2) is 12.8 Å². The van der Waals surface area contributed by atoms with Gasteiger partial charge in [0.1, 0.15) is 11.7 Å². The maximum absolute atomic E-state index is 13.2. The maximum atomic E-state index is 13.2. The number of aryl methyl sites for hydroxylation is 1. The summed E-state index contributed by atoms with van der Waals surface area (Å²) in [6.45, 7) is 1.90. The Morgan fingerprint density at radius 3 is 2.24 bits per heavy atom. The molecule has 2 aromatic carbocycles. The summed E-state index contributed by atoms with van der Waals surface area (Å²) in [6.07, 6.45) is 4.07. The third kappa shape index (κ3) is 4.45. The minimum atomic E-state index is -3.75. The zero-order valence-electron chi connectivity index (χ0n) is 14.1. The summed E-state index contributed by atoms with van der Waals surface area (Å²) in [5.41, 5.74) is 1.54. The molecule has 2 aromatic rings. The molecule has 0 atom stereocenters. The topological polar surface area (TPSA) is 58.5 Å². The van der Waals surface area contributed by atoms with Crippen LogP contribution in [0.1, 0.15) is 36.8 Å². The molecule has 0 aliphatic heterocycles. The summed E-state index contributed by atoms with van der Waals surface area (Å²) < 4.78 is 41.2. The van der Waals surface area contributed by atoms with Gasteiger partial charge < -0.3 is 0 Å². The molecule has 4 nitrogen and oxygen atoms in total. The molecule has 1 N–H and O–H groups in total. The van der Waals surface area contributed by atoms with Gasteiger partial charge in [-0.3, -0.25) is 9.71 Å². The zero-order valence-corrected chi connectivity index (χ0v) is 14.9. The summed E-state index contributed by atoms with van der Waals surface area (Å²) in [5, 5.41) is 0. The number of benzene rings is 2. The van der Waals surface area contributed by atoms with E-state index in [1.807, 2.05) is 6.92 Å². The SMILES string of the molecule is Cc1ccc(S(=O)(=O)NC(=NC2CCCC2)c2ccc(F)cc2)cc1. The lowest BCUT2D eigenvalue weighted by molar-refractivity contribution is 0.592. The Kier molecular flexibility index (Phi) is 5.18. The highest BCUT2D eigenvalue weighted by molar-refractivity contribution is 7.90. The number of hydrogen-bond donors (Lipinski definition) is 1. The molecule has 1 fully saturated rings. The van der Waals surface area contributed by atoms with Gasteiger partial charge in [-0.1, -0.05) is 30.5 Å². The van der Waals surface area contributed by atoms with E-state index in [1.54, 1.807) is 36.4 Å². The fourth-order valence-corrected chi connectivity index (χ4v) is 3.92. The maximum Gasteiger partial charge on any atom is 0.263 e. The number of nitrogens with zero attached hydrogens (tertiary/aromatic N) is 1. The standard InChI is InChI=1S/C19H21FN2O2S/c1-14-6-12-18(13-7-14)25(23,24)22-19(21-17-4-2-3-5-17)15-8-10-16(20)11-9-15/h6-13,17H,2-5H2,1H3,(H,21,22). The number of rotatable bonds is 4. The highest BCUT2D eigenvalue weighted by Crippen LogP contribution is 2.22. The number of hydrogen-bond acceptors (Lipinski definition) is 3. The molecule has 0 amide bonds. The highest BCUT2D eigenvalue weighted by Gasteiger charge is 2.20. The number of amidine groups is 1. The molecular formula is C19H21FN2O2S. The minimum absolute atomic E-state index is 0.0979. The molecule has 0 radical (unpaired) electrons. The third-order valence-corrected chi connectivity index (χ3v) is 5.67. The van der Waals surface area contributed by atoms with Gasteiger partial charge in [0.05, 0.1) is 10.9 Å². The van der Waals surface area contributed by atoms with Gasteiger partial charge in [0, 0.05) is 5.56 Å². The molecule has 0 bridgehead atoms. The summed E-state index contributed by atoms with van der Waals surface area (Å²) >= 11 is 0. The Morgan fingerprint density at radius 2 is 1.64 bits per heavy atom. The second kappa shape index (κ2) is 7.35. The average Bonchev–Trinajstić information content (AvgIpc) is 3.08. The largest absolute Gasteiger partial charge is 0.264 e. The number of nitrogens with one attached hydrogen (secondary N) is 1. The van der Waals surface area contributed by atoms with Crippen LogP contribution in [0.2, 0.25) is 0 Å². The summed E-state index contributed by atoms with van der Waals surface area (Å²) in [6, 6.07) is 12.4. The Hall–Kier alpha value is -2.21. The van der Waals surface area contributed by atoms with Crippen LogP contribution in [-0.4, -0.2) is 20.3 Å². The van der Waals surface area contributed by atoms with Crippen LogP contribution in [0, 0.1) is 12.7 Å². The first-order valence-electron chi connectivity index (χ1n) is 8.37. The van der Waals surface area contributed by atoms with E-state index in [1.165, 1.54) is 12.1 Å². The van der Waals surface area contributed by atoms with E-state index in [0.29, 0.717) is 5.56 Å². The van der Waals surface area contributed by atoms with Crippen molar-refractivity contribution in [2.45, 2.75) is 43.5 Å². The summed E-state index contributed by atoms with van der Waals surface area (Å²) in [4.78, 5) is 4.79. The first-order valence-corrected chi connectivity index (χ1v) is 9.85. The molecule has 1 aliphatic rings. The van der Waals surface area contributed by atoms with E-state index in [-0.39, 0.29) is 22.6 Å². The van der Waals surface area contributed by atoms with Crippen molar-refractivity contribution in [3.8, 4) is 0 Å². The lowest BCUT2D eigenvalue weighted by Crippen LogP contribution is -2.32. The second-order valence-corrected chi connectivity index (χ2v) is 8.02. The lowest BCUT2D eigenvalue weighted by atomic mass is 10.2. The van der Waals surface area contributed by atoms with Crippen molar-refractivity contribution in [3.63, 3.8) is 0 Å². The monoisotopic (exact) mass is 360 g/mol. The third-order valence-electron chi connectivity index (χ3n) is 4.32. The summed E-state index contributed by atoms with van der Waals surface area (Å²) in [7, 11) is -3.75. The van der Waals surface area contributed by atoms with Gasteiger partial charge >= 0.3 is 0 Å². The molecule has 0 aromatic heterocycles. The van der Waals surface area contributed by atoms with Gasteiger partial charge in [-0.15, -0.1) is 0 Å². The van der Waals surface area contributed by atoms with Crippen LogP contribution in [0.5, 0.6) is 0 Å². The van der Waals surface area contributed by atoms with Crippen LogP contribution in [0.4, 0.5) is 4.39 Å². The van der Waals surface area contributed by atoms with Gasteiger partial charge in [0.25, 0.3) is 10.0 Å².